The zero-order valence-corrected chi connectivity index (χ0v) is 16.2. The van der Waals surface area contributed by atoms with Crippen molar-refractivity contribution in [1.82, 2.24) is 8.61 Å². The summed E-state index contributed by atoms with van der Waals surface area (Å²) in [6, 6.07) is 0. The van der Waals surface area contributed by atoms with Gasteiger partial charge in [0, 0.05) is 44.0 Å². The Kier molecular flexibility index (Phi) is 8.34. The lowest BCUT2D eigenvalue weighted by molar-refractivity contribution is 0.136. The molecule has 0 aromatic heterocycles. The molecule has 1 aliphatic rings. The molecule has 0 aliphatic carbocycles. The van der Waals surface area contributed by atoms with Gasteiger partial charge in [-0.15, -0.1) is 23.2 Å². The molecule has 6 nitrogen and oxygen atoms in total. The molecule has 0 atom stereocenters. The Hall–Kier alpha value is -0.150. The largest absolute Gasteiger partial charge is 0.446 e. The van der Waals surface area contributed by atoms with E-state index in [2.05, 4.69) is 10.1 Å². The number of thioether (sulfide) groups is 1. The minimum atomic E-state index is -0.565. The summed E-state index contributed by atoms with van der Waals surface area (Å²) in [7, 11) is 1.61. The van der Waals surface area contributed by atoms with Crippen molar-refractivity contribution in [1.29, 1.82) is 0 Å². The molecule has 0 radical (unpaired) electrons. The van der Waals surface area contributed by atoms with Gasteiger partial charge >= 0.3 is 6.09 Å². The Morgan fingerprint density at radius 2 is 2.00 bits per heavy atom. The van der Waals surface area contributed by atoms with Gasteiger partial charge in [-0.1, -0.05) is 16.9 Å². The molecule has 1 aliphatic heterocycles. The molecule has 0 spiro atoms. The van der Waals surface area contributed by atoms with Crippen molar-refractivity contribution in [3.8, 4) is 0 Å². The molecule has 10 heteroatoms. The minimum Gasteiger partial charge on any atom is -0.296 e. The maximum atomic E-state index is 11.9. The predicted molar refractivity (Wildman–Crippen MR) is 97.1 cm³/mol. The van der Waals surface area contributed by atoms with Gasteiger partial charge < -0.3 is 0 Å². The molecule has 126 valence electrons. The number of carbonyl (C=O) groups is 1. The lowest BCUT2D eigenvalue weighted by Crippen LogP contribution is -2.29. The van der Waals surface area contributed by atoms with Crippen LogP contribution in [0.4, 0.5) is 4.79 Å². The minimum absolute atomic E-state index is 0.270. The lowest BCUT2D eigenvalue weighted by atomic mass is 10.4. The van der Waals surface area contributed by atoms with Crippen molar-refractivity contribution >= 4 is 63.9 Å². The van der Waals surface area contributed by atoms with E-state index in [1.807, 2.05) is 25.1 Å². The van der Waals surface area contributed by atoms with Crippen molar-refractivity contribution in [3.05, 3.63) is 0 Å². The van der Waals surface area contributed by atoms with E-state index in [9.17, 15) is 4.79 Å². The van der Waals surface area contributed by atoms with Crippen LogP contribution in [0.1, 0.15) is 20.8 Å². The van der Waals surface area contributed by atoms with Gasteiger partial charge in [-0.05, 0) is 20.8 Å². The zero-order valence-electron chi connectivity index (χ0n) is 13.0. The molecule has 0 saturated carbocycles. The molecule has 1 heterocycles. The van der Waals surface area contributed by atoms with Crippen LogP contribution in [0.15, 0.2) is 10.1 Å². The maximum Gasteiger partial charge on any atom is 0.446 e. The van der Waals surface area contributed by atoms with Gasteiger partial charge in [0.1, 0.15) is 4.87 Å². The van der Waals surface area contributed by atoms with Crippen LogP contribution in [0.5, 0.6) is 0 Å². The van der Waals surface area contributed by atoms with Gasteiger partial charge in [0.25, 0.3) is 0 Å². The van der Waals surface area contributed by atoms with Crippen LogP contribution in [0.25, 0.3) is 0 Å². The van der Waals surface area contributed by atoms with Crippen molar-refractivity contribution in [2.24, 2.45) is 10.1 Å². The normalized spacial score (nSPS) is 18.7. The highest BCUT2D eigenvalue weighted by Crippen LogP contribution is 2.34. The van der Waals surface area contributed by atoms with Crippen LogP contribution in [0.3, 0.4) is 0 Å². The quantitative estimate of drug-likeness (QED) is 0.289. The van der Waals surface area contributed by atoms with Gasteiger partial charge in [-0.2, -0.15) is 0 Å². The Morgan fingerprint density at radius 1 is 1.41 bits per heavy atom. The SMILES string of the molecule is CC1=NC(C)(C)SC1=NOC(=O)N(C)SN(CCCl)CCCl. The van der Waals surface area contributed by atoms with Crippen LogP contribution in [0.2, 0.25) is 0 Å². The number of oxime groups is 1. The number of carbonyl (C=O) groups excluding carboxylic acids is 1. The highest BCUT2D eigenvalue weighted by atomic mass is 35.5. The lowest BCUT2D eigenvalue weighted by Gasteiger charge is -2.23. The fourth-order valence-corrected chi connectivity index (χ4v) is 3.92. The Balaban J connectivity index is 2.53. The van der Waals surface area contributed by atoms with Crippen molar-refractivity contribution in [3.63, 3.8) is 0 Å². The Labute approximate surface area is 149 Å². The first-order valence-electron chi connectivity index (χ1n) is 6.62. The molecule has 1 amide bonds. The van der Waals surface area contributed by atoms with E-state index in [4.69, 9.17) is 28.0 Å². The molecule has 0 aromatic rings. The summed E-state index contributed by atoms with van der Waals surface area (Å²) in [5.41, 5.74) is 0.768. The van der Waals surface area contributed by atoms with E-state index in [-0.39, 0.29) is 4.87 Å². The fourth-order valence-electron chi connectivity index (χ4n) is 1.60. The second kappa shape index (κ2) is 9.22. The summed E-state index contributed by atoms with van der Waals surface area (Å²) in [4.78, 5) is 21.1. The summed E-state index contributed by atoms with van der Waals surface area (Å²) < 4.78 is 3.23. The fraction of sp³-hybridized carbons (Fsp3) is 0.750. The molecule has 0 N–H and O–H groups in total. The van der Waals surface area contributed by atoms with Gasteiger partial charge in [0.15, 0.2) is 5.04 Å². The van der Waals surface area contributed by atoms with Crippen molar-refractivity contribution in [2.75, 3.05) is 31.9 Å². The molecule has 0 aromatic carbocycles. The van der Waals surface area contributed by atoms with Gasteiger partial charge in [0.05, 0.1) is 5.71 Å². The Morgan fingerprint density at radius 3 is 2.45 bits per heavy atom. The average Bonchev–Trinajstić information content (AvgIpc) is 2.69. The molecule has 0 unspecified atom stereocenters. The van der Waals surface area contributed by atoms with Gasteiger partial charge in [-0.25, -0.2) is 13.4 Å². The third-order valence-electron chi connectivity index (χ3n) is 2.46. The highest BCUT2D eigenvalue weighted by molar-refractivity contribution is 8.17. The number of alkyl halides is 2. The number of nitrogens with zero attached hydrogens (tertiary/aromatic N) is 4. The summed E-state index contributed by atoms with van der Waals surface area (Å²) in [5, 5.41) is 4.51. The van der Waals surface area contributed by atoms with E-state index in [0.29, 0.717) is 29.9 Å². The van der Waals surface area contributed by atoms with E-state index in [0.717, 1.165) is 5.71 Å². The first-order chi connectivity index (χ1) is 10.3. The van der Waals surface area contributed by atoms with Crippen molar-refractivity contribution in [2.45, 2.75) is 25.6 Å². The second-order valence-electron chi connectivity index (χ2n) is 4.89. The molecule has 0 fully saturated rings. The number of amides is 1. The number of hydrogen-bond donors (Lipinski definition) is 0. The number of halogens is 2. The third-order valence-corrected chi connectivity index (χ3v) is 4.94. The summed E-state index contributed by atoms with van der Waals surface area (Å²) >= 11 is 14.1. The molecular formula is C12H20Cl2N4O2S2. The number of aliphatic imine (C=N–C) groups is 1. The van der Waals surface area contributed by atoms with E-state index in [1.54, 1.807) is 7.05 Å². The standard InChI is InChI=1S/C12H20Cl2N4O2S2/c1-9-10(21-12(2,3)15-9)16-20-11(19)17(4)22-18(7-5-13)8-6-14/h5-8H2,1-4H3. The molecule has 0 saturated heterocycles. The highest BCUT2D eigenvalue weighted by Gasteiger charge is 2.30. The van der Waals surface area contributed by atoms with Gasteiger partial charge in [0.2, 0.25) is 0 Å². The van der Waals surface area contributed by atoms with E-state index in [1.165, 1.54) is 28.2 Å². The smallest absolute Gasteiger partial charge is 0.296 e. The average molecular weight is 387 g/mol. The van der Waals surface area contributed by atoms with Crippen LogP contribution >= 0.6 is 47.1 Å². The third kappa shape index (κ3) is 6.54. The van der Waals surface area contributed by atoms with Crippen molar-refractivity contribution < 1.29 is 9.63 Å². The first kappa shape index (κ1) is 19.9. The zero-order chi connectivity index (χ0) is 16.8. The Bertz CT molecular complexity index is 454. The maximum absolute atomic E-state index is 11.9. The predicted octanol–water partition coefficient (Wildman–Crippen LogP) is 3.65. The number of hydrogen-bond acceptors (Lipinski definition) is 7. The topological polar surface area (TPSA) is 57.5 Å². The number of rotatable bonds is 7. The van der Waals surface area contributed by atoms with Crippen LogP contribution in [-0.4, -0.2) is 62.2 Å². The molecule has 0 bridgehead atoms. The summed E-state index contributed by atoms with van der Waals surface area (Å²) in [6.45, 7) is 7.02. The first-order valence-corrected chi connectivity index (χ1v) is 9.24. The second-order valence-corrected chi connectivity index (χ2v) is 8.46. The molecular weight excluding hydrogens is 367 g/mol. The van der Waals surface area contributed by atoms with Crippen LogP contribution in [0, 0.1) is 0 Å². The molecule has 1 rings (SSSR count). The van der Waals surface area contributed by atoms with Crippen LogP contribution < -0.4 is 0 Å². The molecule has 22 heavy (non-hydrogen) atoms. The van der Waals surface area contributed by atoms with Crippen LogP contribution in [-0.2, 0) is 4.84 Å². The monoisotopic (exact) mass is 386 g/mol. The summed E-state index contributed by atoms with van der Waals surface area (Å²) in [5.74, 6) is 0.910. The van der Waals surface area contributed by atoms with E-state index >= 15 is 0 Å². The van der Waals surface area contributed by atoms with Gasteiger partial charge in [-0.3, -0.25) is 9.83 Å². The summed E-state index contributed by atoms with van der Waals surface area (Å²) in [6.07, 6.45) is -0.565. The van der Waals surface area contributed by atoms with E-state index < -0.39 is 6.09 Å².